The van der Waals surface area contributed by atoms with Crippen LogP contribution in [0.4, 0.5) is 15.8 Å². The summed E-state index contributed by atoms with van der Waals surface area (Å²) in [7, 11) is 0. The van der Waals surface area contributed by atoms with Crippen LogP contribution in [-0.4, -0.2) is 24.2 Å². The van der Waals surface area contributed by atoms with Gasteiger partial charge in [0, 0.05) is 25.3 Å². The highest BCUT2D eigenvalue weighted by atomic mass is 19.1. The molecule has 1 fully saturated rings. The van der Waals surface area contributed by atoms with Crippen molar-refractivity contribution in [1.29, 1.82) is 5.26 Å². The summed E-state index contributed by atoms with van der Waals surface area (Å²) in [5, 5.41) is 22.2. The van der Waals surface area contributed by atoms with E-state index in [4.69, 9.17) is 10.00 Å². The smallest absolute Gasteiger partial charge is 0.293 e. The third-order valence-corrected chi connectivity index (χ3v) is 2.72. The molecular weight excluding hydrogens is 241 g/mol. The van der Waals surface area contributed by atoms with E-state index in [-0.39, 0.29) is 23.0 Å². The Morgan fingerprint density at radius 2 is 2.39 bits per heavy atom. The molecule has 0 aromatic heterocycles. The first-order valence-corrected chi connectivity index (χ1v) is 5.35. The molecule has 1 N–H and O–H groups in total. The lowest BCUT2D eigenvalue weighted by Gasteiger charge is -2.26. The Bertz CT molecular complexity index is 523. The Balaban J connectivity index is 2.23. The number of nitro benzene ring substituents is 1. The van der Waals surface area contributed by atoms with Crippen LogP contribution in [0.25, 0.3) is 0 Å². The number of nitrogens with one attached hydrogen (secondary N) is 1. The summed E-state index contributed by atoms with van der Waals surface area (Å²) in [6, 6.07) is 3.47. The van der Waals surface area contributed by atoms with Crippen LogP contribution in [0.5, 0.6) is 0 Å². The fourth-order valence-corrected chi connectivity index (χ4v) is 1.61. The second-order valence-electron chi connectivity index (χ2n) is 3.88. The lowest BCUT2D eigenvalue weighted by Crippen LogP contribution is -2.33. The van der Waals surface area contributed by atoms with Gasteiger partial charge in [-0.15, -0.1) is 0 Å². The second kappa shape index (κ2) is 4.98. The average molecular weight is 251 g/mol. The van der Waals surface area contributed by atoms with Crippen molar-refractivity contribution in [3.05, 3.63) is 33.6 Å². The quantitative estimate of drug-likeness (QED) is 0.651. The van der Waals surface area contributed by atoms with E-state index >= 15 is 0 Å². The van der Waals surface area contributed by atoms with Crippen molar-refractivity contribution in [2.75, 3.05) is 18.5 Å². The lowest BCUT2D eigenvalue weighted by molar-refractivity contribution is -0.384. The third-order valence-electron chi connectivity index (χ3n) is 2.72. The molecule has 7 heteroatoms. The van der Waals surface area contributed by atoms with Gasteiger partial charge in [0.1, 0.15) is 17.6 Å². The Morgan fingerprint density at radius 3 is 2.89 bits per heavy atom. The molecule has 0 saturated carbocycles. The van der Waals surface area contributed by atoms with Crippen molar-refractivity contribution in [3.8, 4) is 6.07 Å². The number of hydrogen-bond acceptors (Lipinski definition) is 5. The van der Waals surface area contributed by atoms with E-state index in [2.05, 4.69) is 5.32 Å². The predicted molar refractivity (Wildman–Crippen MR) is 60.6 cm³/mol. The summed E-state index contributed by atoms with van der Waals surface area (Å²) in [5.41, 5.74) is -0.591. The van der Waals surface area contributed by atoms with E-state index in [0.29, 0.717) is 13.2 Å². The maximum Gasteiger partial charge on any atom is 0.293 e. The molecule has 1 aliphatic heterocycles. The molecule has 1 aromatic carbocycles. The largest absolute Gasteiger partial charge is 0.377 e. The van der Waals surface area contributed by atoms with Gasteiger partial charge in [0.05, 0.1) is 16.6 Å². The van der Waals surface area contributed by atoms with Gasteiger partial charge in [-0.05, 0) is 6.42 Å². The zero-order valence-corrected chi connectivity index (χ0v) is 9.35. The van der Waals surface area contributed by atoms with Gasteiger partial charge in [-0.1, -0.05) is 0 Å². The summed E-state index contributed by atoms with van der Waals surface area (Å²) in [6.07, 6.45) is 0.878. The van der Waals surface area contributed by atoms with Crippen molar-refractivity contribution in [1.82, 2.24) is 0 Å². The van der Waals surface area contributed by atoms with E-state index < -0.39 is 10.7 Å². The molecule has 94 valence electrons. The Labute approximate surface area is 102 Å². The van der Waals surface area contributed by atoms with Gasteiger partial charge >= 0.3 is 0 Å². The molecule has 0 amide bonds. The summed E-state index contributed by atoms with van der Waals surface area (Å²) < 4.78 is 18.5. The maximum atomic E-state index is 13.4. The van der Waals surface area contributed by atoms with Crippen LogP contribution in [0.1, 0.15) is 12.0 Å². The number of nitro groups is 1. The van der Waals surface area contributed by atoms with Crippen LogP contribution in [0.3, 0.4) is 0 Å². The van der Waals surface area contributed by atoms with Crippen molar-refractivity contribution < 1.29 is 14.1 Å². The first-order chi connectivity index (χ1) is 8.61. The molecule has 1 saturated heterocycles. The standard InChI is InChI=1S/C11H10FN3O3/c12-9-4-10(14-6-8-1-2-18-8)11(15(16)17)3-7(9)5-13/h3-4,8,14H,1-2,6H2. The average Bonchev–Trinajstić information content (AvgIpc) is 2.26. The number of anilines is 1. The van der Waals surface area contributed by atoms with Crippen LogP contribution < -0.4 is 5.32 Å². The second-order valence-corrected chi connectivity index (χ2v) is 3.88. The number of halogens is 1. The fraction of sp³-hybridized carbons (Fsp3) is 0.364. The third kappa shape index (κ3) is 2.38. The number of nitrogens with zero attached hydrogens (tertiary/aromatic N) is 2. The molecule has 0 aliphatic carbocycles. The lowest BCUT2D eigenvalue weighted by atomic mass is 10.1. The molecule has 6 nitrogen and oxygen atoms in total. The minimum Gasteiger partial charge on any atom is -0.377 e. The van der Waals surface area contributed by atoms with Gasteiger partial charge in [-0.3, -0.25) is 10.1 Å². The molecule has 0 radical (unpaired) electrons. The van der Waals surface area contributed by atoms with Gasteiger partial charge in [0.2, 0.25) is 0 Å². The SMILES string of the molecule is N#Cc1cc([N+](=O)[O-])c(NCC2CCO2)cc1F. The number of ether oxygens (including phenoxy) is 1. The monoisotopic (exact) mass is 251 g/mol. The number of hydrogen-bond donors (Lipinski definition) is 1. The first-order valence-electron chi connectivity index (χ1n) is 5.35. The van der Waals surface area contributed by atoms with E-state index in [0.717, 1.165) is 18.6 Å². The van der Waals surface area contributed by atoms with E-state index in [1.807, 2.05) is 0 Å². The van der Waals surface area contributed by atoms with Crippen LogP contribution in [-0.2, 0) is 4.74 Å². The Kier molecular flexibility index (Phi) is 3.39. The van der Waals surface area contributed by atoms with E-state index in [1.165, 1.54) is 0 Å². The van der Waals surface area contributed by atoms with Gasteiger partial charge in [-0.2, -0.15) is 5.26 Å². The molecule has 1 atom stereocenters. The highest BCUT2D eigenvalue weighted by Gasteiger charge is 2.22. The van der Waals surface area contributed by atoms with Gasteiger partial charge in [0.15, 0.2) is 0 Å². The Hall–Kier alpha value is -2.20. The van der Waals surface area contributed by atoms with E-state index in [9.17, 15) is 14.5 Å². The number of nitriles is 1. The molecule has 1 aliphatic rings. The van der Waals surface area contributed by atoms with Crippen LogP contribution >= 0.6 is 0 Å². The normalized spacial score (nSPS) is 17.7. The summed E-state index contributed by atoms with van der Waals surface area (Å²) in [4.78, 5) is 10.2. The Morgan fingerprint density at radius 1 is 1.67 bits per heavy atom. The summed E-state index contributed by atoms with van der Waals surface area (Å²) in [5.74, 6) is -0.778. The summed E-state index contributed by atoms with van der Waals surface area (Å²) >= 11 is 0. The van der Waals surface area contributed by atoms with Crippen molar-refractivity contribution in [3.63, 3.8) is 0 Å². The van der Waals surface area contributed by atoms with Crippen molar-refractivity contribution in [2.45, 2.75) is 12.5 Å². The highest BCUT2D eigenvalue weighted by molar-refractivity contribution is 5.64. The molecule has 1 unspecified atom stereocenters. The van der Waals surface area contributed by atoms with Crippen LogP contribution in [0.2, 0.25) is 0 Å². The fourth-order valence-electron chi connectivity index (χ4n) is 1.61. The molecule has 1 aromatic rings. The highest BCUT2D eigenvalue weighted by Crippen LogP contribution is 2.28. The zero-order chi connectivity index (χ0) is 13.1. The number of benzene rings is 1. The van der Waals surface area contributed by atoms with Crippen LogP contribution in [0, 0.1) is 27.3 Å². The minimum atomic E-state index is -0.778. The van der Waals surface area contributed by atoms with Crippen molar-refractivity contribution in [2.24, 2.45) is 0 Å². The predicted octanol–water partition coefficient (Wildman–Crippen LogP) is 1.81. The molecule has 2 rings (SSSR count). The van der Waals surface area contributed by atoms with Gasteiger partial charge in [-0.25, -0.2) is 4.39 Å². The first kappa shape index (κ1) is 12.3. The molecule has 1 heterocycles. The maximum absolute atomic E-state index is 13.4. The molecular formula is C11H10FN3O3. The van der Waals surface area contributed by atoms with Crippen LogP contribution in [0.15, 0.2) is 12.1 Å². The topological polar surface area (TPSA) is 88.2 Å². The minimum absolute atomic E-state index is 0.00306. The molecule has 18 heavy (non-hydrogen) atoms. The van der Waals surface area contributed by atoms with Gasteiger partial charge < -0.3 is 10.1 Å². The van der Waals surface area contributed by atoms with E-state index in [1.54, 1.807) is 6.07 Å². The van der Waals surface area contributed by atoms with Crippen molar-refractivity contribution >= 4 is 11.4 Å². The summed E-state index contributed by atoms with van der Waals surface area (Å²) in [6.45, 7) is 1.06. The van der Waals surface area contributed by atoms with Gasteiger partial charge in [0.25, 0.3) is 5.69 Å². The molecule has 0 spiro atoms. The number of rotatable bonds is 4. The zero-order valence-electron chi connectivity index (χ0n) is 9.35. The molecule has 0 bridgehead atoms.